The fourth-order valence-corrected chi connectivity index (χ4v) is 4.60. The van der Waals surface area contributed by atoms with E-state index in [0.717, 1.165) is 28.1 Å². The number of benzene rings is 2. The van der Waals surface area contributed by atoms with Gasteiger partial charge in [-0.2, -0.15) is 4.98 Å². The Bertz CT molecular complexity index is 1280. The van der Waals surface area contributed by atoms with Crippen molar-refractivity contribution >= 4 is 28.8 Å². The zero-order valence-electron chi connectivity index (χ0n) is 20.3. The SMILES string of the molecule is CC(C)CC(Nc1ccc(C(=O)CCCC(=O)O)cc1)c1ccc(-c2noc(-c3cccs3)n2)cc1. The molecule has 36 heavy (non-hydrogen) atoms. The molecule has 0 amide bonds. The fraction of sp³-hybridized carbons (Fsp3) is 0.286. The van der Waals surface area contributed by atoms with Crippen LogP contribution in [-0.4, -0.2) is 27.0 Å². The van der Waals surface area contributed by atoms with Crippen LogP contribution in [0.1, 0.15) is 61.5 Å². The van der Waals surface area contributed by atoms with Gasteiger partial charge in [-0.3, -0.25) is 9.59 Å². The number of rotatable bonds is 12. The number of carbonyl (C=O) groups is 2. The average Bonchev–Trinajstić information content (AvgIpc) is 3.56. The Hall–Kier alpha value is -3.78. The molecule has 0 saturated carbocycles. The normalized spacial score (nSPS) is 12.0. The second-order valence-corrected chi connectivity index (χ2v) is 10.0. The van der Waals surface area contributed by atoms with E-state index in [4.69, 9.17) is 9.63 Å². The lowest BCUT2D eigenvalue weighted by Gasteiger charge is -2.22. The molecule has 0 radical (unpaired) electrons. The molecule has 0 saturated heterocycles. The summed E-state index contributed by atoms with van der Waals surface area (Å²) in [7, 11) is 0. The molecule has 4 rings (SSSR count). The molecule has 1 atom stereocenters. The number of aromatic nitrogens is 2. The molecule has 8 heteroatoms. The first-order chi connectivity index (χ1) is 17.4. The zero-order chi connectivity index (χ0) is 25.5. The minimum atomic E-state index is -0.882. The largest absolute Gasteiger partial charge is 0.481 e. The summed E-state index contributed by atoms with van der Waals surface area (Å²) in [6.45, 7) is 4.38. The second-order valence-electron chi connectivity index (χ2n) is 9.10. The molecule has 2 N–H and O–H groups in total. The van der Waals surface area contributed by atoms with E-state index in [1.54, 1.807) is 23.5 Å². The maximum Gasteiger partial charge on any atom is 0.303 e. The number of nitrogens with one attached hydrogen (secondary N) is 1. The van der Waals surface area contributed by atoms with Crippen LogP contribution in [-0.2, 0) is 4.79 Å². The van der Waals surface area contributed by atoms with Crippen LogP contribution >= 0.6 is 11.3 Å². The van der Waals surface area contributed by atoms with Gasteiger partial charge < -0.3 is 14.9 Å². The van der Waals surface area contributed by atoms with E-state index >= 15 is 0 Å². The first-order valence-corrected chi connectivity index (χ1v) is 12.9. The average molecular weight is 504 g/mol. The van der Waals surface area contributed by atoms with E-state index in [1.807, 2.05) is 41.8 Å². The van der Waals surface area contributed by atoms with Gasteiger partial charge in [-0.05, 0) is 60.0 Å². The summed E-state index contributed by atoms with van der Waals surface area (Å²) in [5, 5.41) is 18.5. The molecule has 4 aromatic rings. The van der Waals surface area contributed by atoms with Gasteiger partial charge in [-0.25, -0.2) is 0 Å². The third kappa shape index (κ3) is 6.66. The van der Waals surface area contributed by atoms with Crippen molar-refractivity contribution in [3.8, 4) is 22.2 Å². The molecule has 186 valence electrons. The Balaban J connectivity index is 1.44. The number of thiophene rings is 1. The first-order valence-electron chi connectivity index (χ1n) is 12.0. The number of carbonyl (C=O) groups excluding carboxylic acids is 1. The summed E-state index contributed by atoms with van der Waals surface area (Å²) in [4.78, 5) is 28.4. The topological polar surface area (TPSA) is 105 Å². The third-order valence-corrected chi connectivity index (χ3v) is 6.64. The molecule has 0 aliphatic heterocycles. The van der Waals surface area contributed by atoms with Gasteiger partial charge in [0.15, 0.2) is 5.78 Å². The summed E-state index contributed by atoms with van der Waals surface area (Å²) < 4.78 is 5.42. The predicted octanol–water partition coefficient (Wildman–Crippen LogP) is 7.10. The number of ketones is 1. The zero-order valence-corrected chi connectivity index (χ0v) is 21.1. The molecule has 7 nitrogen and oxygen atoms in total. The van der Waals surface area contributed by atoms with Crippen molar-refractivity contribution in [2.75, 3.05) is 5.32 Å². The molecule has 0 fully saturated rings. The monoisotopic (exact) mass is 503 g/mol. The molecular weight excluding hydrogens is 474 g/mol. The van der Waals surface area contributed by atoms with Gasteiger partial charge in [0.2, 0.25) is 5.82 Å². The van der Waals surface area contributed by atoms with E-state index in [9.17, 15) is 9.59 Å². The number of Topliss-reactive ketones (excluding diaryl/α,β-unsaturated/α-hetero) is 1. The highest BCUT2D eigenvalue weighted by molar-refractivity contribution is 7.13. The standard InChI is InChI=1S/C28H29N3O4S/c1-18(2)17-23(29-22-14-12-20(13-15-22)24(32)5-3-7-26(33)34)19-8-10-21(11-9-19)27-30-28(35-31-27)25-6-4-16-36-25/h4,6,8-16,18,23,29H,3,5,7,17H2,1-2H3,(H,33,34). The summed E-state index contributed by atoms with van der Waals surface area (Å²) in [5.74, 6) is 0.629. The van der Waals surface area contributed by atoms with Gasteiger partial charge in [0.25, 0.3) is 5.89 Å². The van der Waals surface area contributed by atoms with Crippen molar-refractivity contribution in [3.63, 3.8) is 0 Å². The smallest absolute Gasteiger partial charge is 0.303 e. The van der Waals surface area contributed by atoms with E-state index in [1.165, 1.54) is 0 Å². The maximum atomic E-state index is 12.3. The van der Waals surface area contributed by atoms with Crippen LogP contribution in [0.4, 0.5) is 5.69 Å². The van der Waals surface area contributed by atoms with Crippen molar-refractivity contribution in [3.05, 3.63) is 77.2 Å². The van der Waals surface area contributed by atoms with Gasteiger partial charge in [0, 0.05) is 29.7 Å². The van der Waals surface area contributed by atoms with Crippen molar-refractivity contribution in [1.82, 2.24) is 10.1 Å². The second kappa shape index (κ2) is 11.8. The van der Waals surface area contributed by atoms with Crippen LogP contribution in [0.2, 0.25) is 0 Å². The van der Waals surface area contributed by atoms with E-state index in [-0.39, 0.29) is 24.7 Å². The van der Waals surface area contributed by atoms with Gasteiger partial charge in [0.05, 0.1) is 10.9 Å². The summed E-state index contributed by atoms with van der Waals surface area (Å²) in [5.41, 5.74) is 3.55. The Labute approximate surface area is 214 Å². The number of nitrogens with zero attached hydrogens (tertiary/aromatic N) is 2. The number of hydrogen-bond donors (Lipinski definition) is 2. The molecule has 0 bridgehead atoms. The van der Waals surface area contributed by atoms with Crippen molar-refractivity contribution < 1.29 is 19.2 Å². The summed E-state index contributed by atoms with van der Waals surface area (Å²) in [6, 6.07) is 19.6. The third-order valence-electron chi connectivity index (χ3n) is 5.78. The molecule has 1 unspecified atom stereocenters. The first kappa shape index (κ1) is 25.3. The van der Waals surface area contributed by atoms with Crippen molar-refractivity contribution in [1.29, 1.82) is 0 Å². The lowest BCUT2D eigenvalue weighted by Crippen LogP contribution is -2.13. The molecule has 2 heterocycles. The number of anilines is 1. The Morgan fingerprint density at radius 3 is 2.42 bits per heavy atom. The van der Waals surface area contributed by atoms with Crippen molar-refractivity contribution in [2.45, 2.75) is 45.6 Å². The quantitative estimate of drug-likeness (QED) is 0.199. The van der Waals surface area contributed by atoms with Crippen LogP contribution in [0.3, 0.4) is 0 Å². The number of aliphatic carboxylic acids is 1. The highest BCUT2D eigenvalue weighted by Crippen LogP contribution is 2.29. The Morgan fingerprint density at radius 1 is 1.03 bits per heavy atom. The van der Waals surface area contributed by atoms with Crippen LogP contribution in [0.5, 0.6) is 0 Å². The van der Waals surface area contributed by atoms with Gasteiger partial charge in [0.1, 0.15) is 0 Å². The molecule has 2 aromatic carbocycles. The van der Waals surface area contributed by atoms with Gasteiger partial charge in [-0.15, -0.1) is 11.3 Å². The molecule has 0 aliphatic carbocycles. The number of carboxylic acid groups (broad SMARTS) is 1. The number of hydrogen-bond acceptors (Lipinski definition) is 7. The van der Waals surface area contributed by atoms with Gasteiger partial charge in [-0.1, -0.05) is 49.3 Å². The van der Waals surface area contributed by atoms with Crippen LogP contribution in [0.15, 0.2) is 70.6 Å². The van der Waals surface area contributed by atoms with E-state index in [0.29, 0.717) is 29.6 Å². The van der Waals surface area contributed by atoms with Crippen LogP contribution < -0.4 is 5.32 Å². The minimum absolute atomic E-state index is 0.00354. The minimum Gasteiger partial charge on any atom is -0.481 e. The summed E-state index contributed by atoms with van der Waals surface area (Å²) in [6.07, 6.45) is 1.51. The highest BCUT2D eigenvalue weighted by atomic mass is 32.1. The van der Waals surface area contributed by atoms with E-state index < -0.39 is 5.97 Å². The van der Waals surface area contributed by atoms with Gasteiger partial charge >= 0.3 is 5.97 Å². The molecular formula is C28H29N3O4S. The Kier molecular flexibility index (Phi) is 8.28. The number of carboxylic acids is 1. The highest BCUT2D eigenvalue weighted by Gasteiger charge is 2.16. The predicted molar refractivity (Wildman–Crippen MR) is 141 cm³/mol. The lowest BCUT2D eigenvalue weighted by atomic mass is 9.95. The Morgan fingerprint density at radius 2 is 1.78 bits per heavy atom. The maximum absolute atomic E-state index is 12.3. The molecule has 0 aliphatic rings. The van der Waals surface area contributed by atoms with Crippen molar-refractivity contribution in [2.24, 2.45) is 5.92 Å². The fourth-order valence-electron chi connectivity index (χ4n) is 3.95. The summed E-state index contributed by atoms with van der Waals surface area (Å²) >= 11 is 1.56. The molecule has 2 aromatic heterocycles. The van der Waals surface area contributed by atoms with Crippen LogP contribution in [0, 0.1) is 5.92 Å². The van der Waals surface area contributed by atoms with E-state index in [2.05, 4.69) is 41.4 Å². The molecule has 0 spiro atoms. The lowest BCUT2D eigenvalue weighted by molar-refractivity contribution is -0.137. The van der Waals surface area contributed by atoms with Crippen LogP contribution in [0.25, 0.3) is 22.2 Å².